The summed E-state index contributed by atoms with van der Waals surface area (Å²) in [5.74, 6) is 0.693. The molecule has 1 aromatic heterocycles. The van der Waals surface area contributed by atoms with E-state index in [0.717, 1.165) is 12.8 Å². The van der Waals surface area contributed by atoms with Crippen molar-refractivity contribution < 1.29 is 17.9 Å². The summed E-state index contributed by atoms with van der Waals surface area (Å²) < 4.78 is 36.8. The Morgan fingerprint density at radius 2 is 2.30 bits per heavy atom. The number of hydrogen-bond donors (Lipinski definition) is 0. The first kappa shape index (κ1) is 13.8. The molecule has 2 aliphatic rings. The molecule has 7 heteroatoms. The summed E-state index contributed by atoms with van der Waals surface area (Å²) >= 11 is 0. The quantitative estimate of drug-likeness (QED) is 0.819. The van der Waals surface area contributed by atoms with Gasteiger partial charge in [-0.3, -0.25) is 4.98 Å². The molecule has 0 N–H and O–H groups in total. The second kappa shape index (κ2) is 5.31. The molecule has 1 aliphatic heterocycles. The lowest BCUT2D eigenvalue weighted by Gasteiger charge is -2.37. The zero-order valence-corrected chi connectivity index (χ0v) is 12.1. The van der Waals surface area contributed by atoms with E-state index in [1.807, 2.05) is 12.1 Å². The lowest BCUT2D eigenvalue weighted by molar-refractivity contribution is -0.0658. The van der Waals surface area contributed by atoms with Crippen LogP contribution in [0.15, 0.2) is 24.5 Å². The summed E-state index contributed by atoms with van der Waals surface area (Å²) in [5, 5.41) is 0. The van der Waals surface area contributed by atoms with Crippen LogP contribution in [-0.2, 0) is 14.8 Å². The van der Waals surface area contributed by atoms with Gasteiger partial charge in [-0.1, -0.05) is 0 Å². The van der Waals surface area contributed by atoms with Crippen LogP contribution < -0.4 is 4.74 Å². The van der Waals surface area contributed by atoms with Gasteiger partial charge in [0.1, 0.15) is 18.0 Å². The van der Waals surface area contributed by atoms with Crippen molar-refractivity contribution in [2.24, 2.45) is 0 Å². The van der Waals surface area contributed by atoms with Crippen molar-refractivity contribution in [2.45, 2.75) is 31.1 Å². The van der Waals surface area contributed by atoms with Gasteiger partial charge in [-0.25, -0.2) is 8.42 Å². The van der Waals surface area contributed by atoms with Gasteiger partial charge in [0.2, 0.25) is 10.0 Å². The number of rotatable bonds is 3. The van der Waals surface area contributed by atoms with Gasteiger partial charge in [-0.05, 0) is 25.0 Å². The number of fused-ring (bicyclic) bond motifs is 1. The van der Waals surface area contributed by atoms with Gasteiger partial charge >= 0.3 is 0 Å². The average Bonchev–Trinajstić information content (AvgIpc) is 2.82. The number of hydrogen-bond acceptors (Lipinski definition) is 5. The Balaban J connectivity index is 1.75. The number of nitrogens with zero attached hydrogens (tertiary/aromatic N) is 2. The van der Waals surface area contributed by atoms with Crippen LogP contribution >= 0.6 is 0 Å². The number of ether oxygens (including phenoxy) is 2. The minimum atomic E-state index is -3.19. The third kappa shape index (κ3) is 2.65. The minimum Gasteiger partial charge on any atom is -0.486 e. The molecule has 110 valence electrons. The normalized spacial score (nSPS) is 30.9. The lowest BCUT2D eigenvalue weighted by atomic mass is 10.1. The van der Waals surface area contributed by atoms with E-state index in [1.54, 1.807) is 16.7 Å². The van der Waals surface area contributed by atoms with Gasteiger partial charge < -0.3 is 9.47 Å². The summed E-state index contributed by atoms with van der Waals surface area (Å²) in [5.41, 5.74) is 0. The fourth-order valence-corrected chi connectivity index (χ4v) is 4.13. The molecule has 6 nitrogen and oxygen atoms in total. The number of sulfonamides is 1. The first-order valence-electron chi connectivity index (χ1n) is 6.71. The number of aromatic nitrogens is 1. The van der Waals surface area contributed by atoms with E-state index < -0.39 is 10.0 Å². The lowest BCUT2D eigenvalue weighted by Crippen LogP contribution is -2.53. The zero-order valence-electron chi connectivity index (χ0n) is 11.3. The molecule has 3 rings (SSSR count). The molecular formula is C13H18N2O4S. The summed E-state index contributed by atoms with van der Waals surface area (Å²) in [4.78, 5) is 4.01. The second-order valence-electron chi connectivity index (χ2n) is 5.20. The molecule has 1 aliphatic carbocycles. The third-order valence-electron chi connectivity index (χ3n) is 3.83. The molecule has 0 unspecified atom stereocenters. The predicted molar refractivity (Wildman–Crippen MR) is 73.0 cm³/mol. The molecule has 1 aromatic rings. The van der Waals surface area contributed by atoms with Crippen LogP contribution in [0.4, 0.5) is 0 Å². The fraction of sp³-hybridized carbons (Fsp3) is 0.615. The van der Waals surface area contributed by atoms with E-state index in [9.17, 15) is 8.42 Å². The summed E-state index contributed by atoms with van der Waals surface area (Å²) in [6, 6.07) is 3.55. The summed E-state index contributed by atoms with van der Waals surface area (Å²) in [7, 11) is -3.19. The Hall–Kier alpha value is -1.18. The van der Waals surface area contributed by atoms with E-state index in [4.69, 9.17) is 9.47 Å². The largest absolute Gasteiger partial charge is 0.486 e. The maximum Gasteiger partial charge on any atom is 0.211 e. The Labute approximate surface area is 118 Å². The summed E-state index contributed by atoms with van der Waals surface area (Å²) in [6.45, 7) is 0.848. The molecular weight excluding hydrogens is 280 g/mol. The Morgan fingerprint density at radius 1 is 1.45 bits per heavy atom. The van der Waals surface area contributed by atoms with Crippen LogP contribution in [0.5, 0.6) is 5.75 Å². The highest BCUT2D eigenvalue weighted by Crippen LogP contribution is 2.33. The van der Waals surface area contributed by atoms with Crippen LogP contribution in [0.25, 0.3) is 0 Å². The van der Waals surface area contributed by atoms with Crippen molar-refractivity contribution >= 4 is 10.0 Å². The molecule has 3 atom stereocenters. The van der Waals surface area contributed by atoms with Gasteiger partial charge in [0.25, 0.3) is 0 Å². The maximum atomic E-state index is 11.8. The van der Waals surface area contributed by atoms with E-state index in [1.165, 1.54) is 6.26 Å². The molecule has 1 saturated heterocycles. The maximum absolute atomic E-state index is 11.8. The molecule has 0 spiro atoms. The number of morpholine rings is 1. The number of pyridine rings is 1. The third-order valence-corrected chi connectivity index (χ3v) is 5.14. The van der Waals surface area contributed by atoms with Crippen molar-refractivity contribution in [3.05, 3.63) is 24.5 Å². The monoisotopic (exact) mass is 298 g/mol. The van der Waals surface area contributed by atoms with Crippen LogP contribution in [0.3, 0.4) is 0 Å². The molecule has 2 heterocycles. The summed E-state index contributed by atoms with van der Waals surface area (Å²) in [6.07, 6.45) is 5.84. The van der Waals surface area contributed by atoms with Crippen molar-refractivity contribution in [3.8, 4) is 5.75 Å². The van der Waals surface area contributed by atoms with Crippen molar-refractivity contribution in [1.82, 2.24) is 9.29 Å². The standard InChI is InChI=1S/C13H18N2O4S/c1-20(16,17)15-7-8-18-13-11(15)4-5-12(13)19-10-3-2-6-14-9-10/h2-3,6,9,11-13H,4-5,7-8H2,1H3/t11-,12+,13+/m1/s1. The van der Waals surface area contributed by atoms with Gasteiger partial charge in [0.05, 0.1) is 25.1 Å². The first-order chi connectivity index (χ1) is 9.55. The minimum absolute atomic E-state index is 0.111. The van der Waals surface area contributed by atoms with Gasteiger partial charge in [-0.2, -0.15) is 4.31 Å². The van der Waals surface area contributed by atoms with E-state index in [2.05, 4.69) is 4.98 Å². The highest BCUT2D eigenvalue weighted by atomic mass is 32.2. The van der Waals surface area contributed by atoms with Crippen molar-refractivity contribution in [3.63, 3.8) is 0 Å². The average molecular weight is 298 g/mol. The van der Waals surface area contributed by atoms with Gasteiger partial charge in [0.15, 0.2) is 0 Å². The fourth-order valence-electron chi connectivity index (χ4n) is 3.01. The SMILES string of the molecule is CS(=O)(=O)N1CCO[C@@H]2[C@@H](Oc3cccnc3)CC[C@H]21. The first-order valence-corrected chi connectivity index (χ1v) is 8.55. The van der Waals surface area contributed by atoms with E-state index >= 15 is 0 Å². The molecule has 0 amide bonds. The van der Waals surface area contributed by atoms with Crippen molar-refractivity contribution in [1.29, 1.82) is 0 Å². The van der Waals surface area contributed by atoms with Crippen LogP contribution in [-0.4, -0.2) is 55.4 Å². The Bertz CT molecular complexity index is 563. The van der Waals surface area contributed by atoms with Crippen LogP contribution in [0, 0.1) is 0 Å². The molecule has 0 bridgehead atoms. The Morgan fingerprint density at radius 3 is 3.00 bits per heavy atom. The molecule has 0 radical (unpaired) electrons. The Kier molecular flexibility index (Phi) is 3.66. The highest BCUT2D eigenvalue weighted by Gasteiger charge is 2.46. The molecule has 2 fully saturated rings. The topological polar surface area (TPSA) is 68.7 Å². The second-order valence-corrected chi connectivity index (χ2v) is 7.13. The zero-order chi connectivity index (χ0) is 14.2. The van der Waals surface area contributed by atoms with Gasteiger partial charge in [0, 0.05) is 12.7 Å². The molecule has 20 heavy (non-hydrogen) atoms. The molecule has 0 aromatic carbocycles. The van der Waals surface area contributed by atoms with Crippen LogP contribution in [0.2, 0.25) is 0 Å². The smallest absolute Gasteiger partial charge is 0.211 e. The van der Waals surface area contributed by atoms with E-state index in [-0.39, 0.29) is 18.2 Å². The highest BCUT2D eigenvalue weighted by molar-refractivity contribution is 7.88. The predicted octanol–water partition coefficient (Wildman–Crippen LogP) is 0.652. The van der Waals surface area contributed by atoms with Gasteiger partial charge in [-0.15, -0.1) is 0 Å². The van der Waals surface area contributed by atoms with Crippen LogP contribution in [0.1, 0.15) is 12.8 Å². The molecule has 1 saturated carbocycles. The van der Waals surface area contributed by atoms with Crippen molar-refractivity contribution in [2.75, 3.05) is 19.4 Å². The van der Waals surface area contributed by atoms with E-state index in [0.29, 0.717) is 18.9 Å².